The number of nitrogens with one attached hydrogen (secondary N) is 1. The van der Waals surface area contributed by atoms with E-state index >= 15 is 0 Å². The molecule has 0 amide bonds. The van der Waals surface area contributed by atoms with Crippen molar-refractivity contribution in [2.24, 2.45) is 0 Å². The van der Waals surface area contributed by atoms with Gasteiger partial charge in [-0.3, -0.25) is 4.79 Å². The number of ether oxygens (including phenoxy) is 1. The van der Waals surface area contributed by atoms with Crippen molar-refractivity contribution in [3.05, 3.63) is 32.1 Å². The van der Waals surface area contributed by atoms with Crippen LogP contribution in [0.4, 0.5) is 19.0 Å². The summed E-state index contributed by atoms with van der Waals surface area (Å²) in [4.78, 5) is 22.4. The zero-order valence-corrected chi connectivity index (χ0v) is 8.63. The number of hydrogen-bond acceptors (Lipinski definition) is 4. The van der Waals surface area contributed by atoms with Crippen molar-refractivity contribution < 1.29 is 22.8 Å². The average Bonchev–Trinajstić information content (AvgIpc) is 2.18. The molecule has 0 aromatic carbocycles. The Bertz CT molecular complexity index is 499. The van der Waals surface area contributed by atoms with Crippen molar-refractivity contribution >= 4 is 17.4 Å². The third-order valence-electron chi connectivity index (χ3n) is 1.57. The molecule has 1 heterocycles. The van der Waals surface area contributed by atoms with Gasteiger partial charge in [0, 0.05) is 6.07 Å². The highest BCUT2D eigenvalue weighted by atomic mass is 35.5. The van der Waals surface area contributed by atoms with E-state index in [4.69, 9.17) is 11.6 Å². The fourth-order valence-electron chi connectivity index (χ4n) is 1.00. The molecule has 0 bridgehead atoms. The van der Waals surface area contributed by atoms with Gasteiger partial charge in [-0.25, -0.2) is 4.98 Å². The van der Waals surface area contributed by atoms with E-state index in [1.165, 1.54) is 0 Å². The number of rotatable bonds is 3. The highest BCUT2D eigenvalue weighted by molar-refractivity contribution is 6.16. The number of hydrogen-bond donors (Lipinski definition) is 1. The molecule has 0 spiro atoms. The fraction of sp³-hybridized carbons (Fsp3) is 0.286. The maximum absolute atomic E-state index is 11.9. The van der Waals surface area contributed by atoms with Gasteiger partial charge in [0.05, 0.1) is 5.88 Å². The summed E-state index contributed by atoms with van der Waals surface area (Å²) in [6, 6.07) is 0.696. The lowest BCUT2D eigenvalue weighted by Gasteiger charge is -2.08. The smallest absolute Gasteiger partial charge is 0.393 e. The van der Waals surface area contributed by atoms with Crippen molar-refractivity contribution in [1.29, 1.82) is 0 Å². The Balaban J connectivity index is 3.37. The molecule has 0 atom stereocenters. The minimum absolute atomic E-state index is 0.0853. The molecule has 1 aromatic rings. The Morgan fingerprint density at radius 2 is 2.12 bits per heavy atom. The Morgan fingerprint density at radius 3 is 2.53 bits per heavy atom. The summed E-state index contributed by atoms with van der Waals surface area (Å²) in [5, 5.41) is 10.5. The molecule has 10 heteroatoms. The fourth-order valence-corrected chi connectivity index (χ4v) is 1.14. The van der Waals surface area contributed by atoms with Crippen LogP contribution in [0, 0.1) is 10.1 Å². The van der Waals surface area contributed by atoms with Crippen LogP contribution >= 0.6 is 11.6 Å². The van der Waals surface area contributed by atoms with Crippen LogP contribution in [0.25, 0.3) is 0 Å². The number of H-pyrrole nitrogens is 1. The van der Waals surface area contributed by atoms with Gasteiger partial charge in [0.25, 0.3) is 5.75 Å². The molecule has 0 saturated carbocycles. The first-order chi connectivity index (χ1) is 7.74. The van der Waals surface area contributed by atoms with Gasteiger partial charge >= 0.3 is 12.2 Å². The summed E-state index contributed by atoms with van der Waals surface area (Å²) >= 11 is 5.31. The molecule has 0 aliphatic heterocycles. The predicted octanol–water partition coefficient (Wildman–Crippen LogP) is 1.92. The second-order valence-electron chi connectivity index (χ2n) is 2.78. The number of nitro groups is 1. The third-order valence-corrected chi connectivity index (χ3v) is 1.86. The van der Waals surface area contributed by atoms with Crippen molar-refractivity contribution in [2.45, 2.75) is 12.2 Å². The molecule has 94 valence electrons. The number of alkyl halides is 4. The van der Waals surface area contributed by atoms with E-state index < -0.39 is 28.3 Å². The maximum atomic E-state index is 11.9. The van der Waals surface area contributed by atoms with Gasteiger partial charge in [-0.2, -0.15) is 0 Å². The van der Waals surface area contributed by atoms with Crippen LogP contribution in [-0.2, 0) is 5.88 Å². The quantitative estimate of drug-likeness (QED) is 0.517. The number of halogens is 4. The summed E-state index contributed by atoms with van der Waals surface area (Å²) in [5.74, 6) is -2.90. The van der Waals surface area contributed by atoms with Gasteiger partial charge in [-0.05, 0) is 4.92 Å². The van der Waals surface area contributed by atoms with Crippen LogP contribution < -0.4 is 10.2 Å². The van der Waals surface area contributed by atoms with Crippen molar-refractivity contribution in [3.8, 4) is 5.75 Å². The second kappa shape index (κ2) is 4.62. The van der Waals surface area contributed by atoms with E-state index in [-0.39, 0.29) is 11.6 Å². The Kier molecular flexibility index (Phi) is 3.61. The van der Waals surface area contributed by atoms with E-state index in [2.05, 4.69) is 4.74 Å². The van der Waals surface area contributed by atoms with E-state index in [1.54, 1.807) is 0 Å². The van der Waals surface area contributed by atoms with E-state index in [0.29, 0.717) is 6.07 Å². The van der Waals surface area contributed by atoms with Gasteiger partial charge in [0.2, 0.25) is 5.43 Å². The van der Waals surface area contributed by atoms with E-state index in [9.17, 15) is 28.1 Å². The SMILES string of the molecule is O=c1cc(CCl)[nH]c([N+](=O)[O-])c1OC(F)(F)F. The molecule has 0 fully saturated rings. The zero-order valence-electron chi connectivity index (χ0n) is 7.88. The van der Waals surface area contributed by atoms with Crippen LogP contribution in [0.3, 0.4) is 0 Å². The lowest BCUT2D eigenvalue weighted by atomic mass is 10.3. The molecule has 0 unspecified atom stereocenters. The van der Waals surface area contributed by atoms with Crippen molar-refractivity contribution in [2.75, 3.05) is 0 Å². The first kappa shape index (κ1) is 13.3. The number of pyridine rings is 1. The Morgan fingerprint density at radius 1 is 1.53 bits per heavy atom. The Hall–Kier alpha value is -1.77. The lowest BCUT2D eigenvalue weighted by Crippen LogP contribution is -2.23. The summed E-state index contributed by atoms with van der Waals surface area (Å²) < 4.78 is 39.1. The Labute approximate surface area is 96.1 Å². The number of nitrogens with zero attached hydrogens (tertiary/aromatic N) is 1. The molecule has 1 N–H and O–H groups in total. The largest absolute Gasteiger partial charge is 0.573 e. The standard InChI is InChI=1S/C7H4ClF3N2O4/c8-2-3-1-4(14)5(17-7(9,10)11)6(12-3)13(15)16/h1H,2H2,(H,12,14). The summed E-state index contributed by atoms with van der Waals surface area (Å²) in [6.45, 7) is 0. The molecule has 1 aromatic heterocycles. The van der Waals surface area contributed by atoms with Crippen LogP contribution in [-0.4, -0.2) is 16.3 Å². The van der Waals surface area contributed by atoms with Crippen molar-refractivity contribution in [1.82, 2.24) is 4.98 Å². The van der Waals surface area contributed by atoms with Crippen LogP contribution in [0.5, 0.6) is 5.75 Å². The topological polar surface area (TPSA) is 85.2 Å². The third kappa shape index (κ3) is 3.34. The van der Waals surface area contributed by atoms with Crippen molar-refractivity contribution in [3.63, 3.8) is 0 Å². The van der Waals surface area contributed by atoms with Crippen LogP contribution in [0.15, 0.2) is 10.9 Å². The first-order valence-electron chi connectivity index (χ1n) is 3.97. The molecule has 0 aliphatic carbocycles. The second-order valence-corrected chi connectivity index (χ2v) is 3.04. The van der Waals surface area contributed by atoms with Crippen LogP contribution in [0.1, 0.15) is 5.69 Å². The highest BCUT2D eigenvalue weighted by Crippen LogP contribution is 2.27. The minimum atomic E-state index is -5.19. The minimum Gasteiger partial charge on any atom is -0.393 e. The summed E-state index contributed by atoms with van der Waals surface area (Å²) in [7, 11) is 0. The molecule has 6 nitrogen and oxygen atoms in total. The number of aromatic nitrogens is 1. The van der Waals surface area contributed by atoms with E-state index in [1.807, 2.05) is 4.98 Å². The molecule has 0 saturated heterocycles. The molecule has 17 heavy (non-hydrogen) atoms. The lowest BCUT2D eigenvalue weighted by molar-refractivity contribution is -0.393. The molecule has 0 aliphatic rings. The highest BCUT2D eigenvalue weighted by Gasteiger charge is 2.36. The zero-order chi connectivity index (χ0) is 13.2. The van der Waals surface area contributed by atoms with Gasteiger partial charge in [-0.1, -0.05) is 0 Å². The monoisotopic (exact) mass is 272 g/mol. The number of aromatic amines is 1. The summed E-state index contributed by atoms with van der Waals surface area (Å²) in [6.07, 6.45) is -5.19. The first-order valence-corrected chi connectivity index (χ1v) is 4.50. The maximum Gasteiger partial charge on any atom is 0.573 e. The van der Waals surface area contributed by atoms with Gasteiger partial charge < -0.3 is 14.9 Å². The summed E-state index contributed by atoms with van der Waals surface area (Å²) in [5.41, 5.74) is -1.36. The van der Waals surface area contributed by atoms with Crippen LogP contribution in [0.2, 0.25) is 0 Å². The van der Waals surface area contributed by atoms with Gasteiger partial charge in [0.1, 0.15) is 5.69 Å². The van der Waals surface area contributed by atoms with Gasteiger partial charge in [0.15, 0.2) is 0 Å². The average molecular weight is 273 g/mol. The normalized spacial score (nSPS) is 11.3. The molecule has 1 rings (SSSR count). The molecule has 0 radical (unpaired) electrons. The molecular formula is C7H4ClF3N2O4. The van der Waals surface area contributed by atoms with E-state index in [0.717, 1.165) is 0 Å². The van der Waals surface area contributed by atoms with Gasteiger partial charge in [-0.15, -0.1) is 24.8 Å². The molecular weight excluding hydrogens is 269 g/mol. The predicted molar refractivity (Wildman–Crippen MR) is 50.0 cm³/mol.